The topological polar surface area (TPSA) is 77.2 Å². The lowest BCUT2D eigenvalue weighted by atomic mass is 9.79. The van der Waals surface area contributed by atoms with Crippen LogP contribution < -0.4 is 26.8 Å². The summed E-state index contributed by atoms with van der Waals surface area (Å²) in [7, 11) is 0. The molecule has 18 heavy (non-hydrogen) atoms. The van der Waals surface area contributed by atoms with Crippen LogP contribution in [0.2, 0.25) is 0 Å². The van der Waals surface area contributed by atoms with E-state index in [0.717, 1.165) is 12.8 Å². The van der Waals surface area contributed by atoms with Crippen molar-refractivity contribution in [1.29, 1.82) is 0 Å². The summed E-state index contributed by atoms with van der Waals surface area (Å²) in [4.78, 5) is 11.2. The zero-order valence-electron chi connectivity index (χ0n) is 11.7. The number of nitrogens with one attached hydrogen (secondary N) is 5. The van der Waals surface area contributed by atoms with Crippen LogP contribution in [0.5, 0.6) is 0 Å². The van der Waals surface area contributed by atoms with Gasteiger partial charge in [-0.05, 0) is 40.5 Å². The number of piperidine rings is 1. The van der Waals surface area contributed by atoms with Crippen molar-refractivity contribution in [2.75, 3.05) is 6.54 Å². The molecule has 6 heteroatoms. The Morgan fingerprint density at radius 3 is 2.33 bits per heavy atom. The fourth-order valence-corrected chi connectivity index (χ4v) is 3.30. The van der Waals surface area contributed by atoms with Gasteiger partial charge < -0.3 is 10.6 Å². The van der Waals surface area contributed by atoms with Crippen LogP contribution in [0.15, 0.2) is 0 Å². The molecule has 1 atom stereocenters. The number of carbonyl (C=O) groups excluding carboxylic acids is 1. The van der Waals surface area contributed by atoms with Crippen molar-refractivity contribution in [2.24, 2.45) is 0 Å². The molecule has 2 rings (SSSR count). The first-order chi connectivity index (χ1) is 8.26. The molecular weight excluding hydrogens is 230 g/mol. The summed E-state index contributed by atoms with van der Waals surface area (Å²) < 4.78 is 0. The Morgan fingerprint density at radius 2 is 1.78 bits per heavy atom. The van der Waals surface area contributed by atoms with Crippen LogP contribution in [0.1, 0.15) is 40.5 Å². The largest absolute Gasteiger partial charge is 0.330 e. The SMILES string of the molecule is CC1(C)CC(NC2CNNC(=O)N2)CC(C)(C)N1. The van der Waals surface area contributed by atoms with Crippen LogP contribution in [0, 0.1) is 0 Å². The van der Waals surface area contributed by atoms with Crippen LogP contribution in [-0.2, 0) is 0 Å². The molecule has 6 nitrogen and oxygen atoms in total. The van der Waals surface area contributed by atoms with E-state index in [1.807, 2.05) is 0 Å². The van der Waals surface area contributed by atoms with E-state index in [-0.39, 0.29) is 23.3 Å². The fourth-order valence-electron chi connectivity index (χ4n) is 3.30. The third kappa shape index (κ3) is 3.57. The number of hydrazine groups is 1. The Bertz CT molecular complexity index is 312. The second kappa shape index (κ2) is 4.68. The molecule has 0 aromatic rings. The molecule has 2 saturated heterocycles. The van der Waals surface area contributed by atoms with E-state index in [1.165, 1.54) is 0 Å². The van der Waals surface area contributed by atoms with Gasteiger partial charge in [0.05, 0.1) is 6.17 Å². The normalized spacial score (nSPS) is 31.6. The number of urea groups is 1. The quantitative estimate of drug-likeness (QED) is 0.482. The van der Waals surface area contributed by atoms with Gasteiger partial charge in [0.1, 0.15) is 0 Å². The Labute approximate surface area is 109 Å². The number of carbonyl (C=O) groups is 1. The van der Waals surface area contributed by atoms with Crippen molar-refractivity contribution in [3.05, 3.63) is 0 Å². The highest BCUT2D eigenvalue weighted by atomic mass is 16.2. The van der Waals surface area contributed by atoms with Crippen molar-refractivity contribution in [2.45, 2.75) is 63.8 Å². The summed E-state index contributed by atoms with van der Waals surface area (Å²) >= 11 is 0. The predicted octanol–water partition coefficient (Wildman–Crippen LogP) is 0.0287. The molecule has 0 bridgehead atoms. The second-order valence-corrected chi connectivity index (χ2v) is 6.70. The summed E-state index contributed by atoms with van der Waals surface area (Å²) in [5.74, 6) is 0. The Kier molecular flexibility index (Phi) is 3.53. The minimum atomic E-state index is -0.175. The maximum absolute atomic E-state index is 11.2. The number of hydrogen-bond donors (Lipinski definition) is 5. The molecule has 104 valence electrons. The van der Waals surface area contributed by atoms with Gasteiger partial charge in [0.25, 0.3) is 0 Å². The van der Waals surface area contributed by atoms with Crippen molar-refractivity contribution < 1.29 is 4.79 Å². The molecule has 0 aromatic heterocycles. The van der Waals surface area contributed by atoms with Gasteiger partial charge in [0.2, 0.25) is 0 Å². The third-order valence-corrected chi connectivity index (χ3v) is 3.44. The first-order valence-electron chi connectivity index (χ1n) is 6.61. The lowest BCUT2D eigenvalue weighted by Gasteiger charge is -2.47. The van der Waals surface area contributed by atoms with Gasteiger partial charge in [-0.15, -0.1) is 0 Å². The number of hydrogen-bond acceptors (Lipinski definition) is 4. The molecule has 1 unspecified atom stereocenters. The van der Waals surface area contributed by atoms with E-state index < -0.39 is 0 Å². The standard InChI is InChI=1S/C12H25N5O/c1-11(2)5-8(6-12(3,4)17-11)14-9-7-13-16-10(18)15-9/h8-9,13-14,17H,5-7H2,1-4H3,(H2,15,16,18). The highest BCUT2D eigenvalue weighted by Gasteiger charge is 2.38. The highest BCUT2D eigenvalue weighted by Crippen LogP contribution is 2.28. The van der Waals surface area contributed by atoms with Gasteiger partial charge in [-0.3, -0.25) is 10.7 Å². The molecule has 2 fully saturated rings. The number of rotatable bonds is 2. The zero-order valence-corrected chi connectivity index (χ0v) is 11.7. The third-order valence-electron chi connectivity index (χ3n) is 3.44. The minimum Gasteiger partial charge on any atom is -0.320 e. The Hall–Kier alpha value is -0.850. The van der Waals surface area contributed by atoms with Gasteiger partial charge in [-0.2, -0.15) is 0 Å². The van der Waals surface area contributed by atoms with E-state index in [0.29, 0.717) is 12.6 Å². The van der Waals surface area contributed by atoms with Crippen LogP contribution in [-0.4, -0.2) is 35.9 Å². The van der Waals surface area contributed by atoms with Crippen molar-refractivity contribution in [1.82, 2.24) is 26.8 Å². The lowest BCUT2D eigenvalue weighted by Crippen LogP contribution is -2.68. The molecule has 2 aliphatic heterocycles. The predicted molar refractivity (Wildman–Crippen MR) is 70.9 cm³/mol. The average Bonchev–Trinajstić information content (AvgIpc) is 2.11. The van der Waals surface area contributed by atoms with Crippen molar-refractivity contribution >= 4 is 6.03 Å². The summed E-state index contributed by atoms with van der Waals surface area (Å²) in [6.07, 6.45) is 2.10. The molecule has 0 spiro atoms. The van der Waals surface area contributed by atoms with Gasteiger partial charge >= 0.3 is 6.03 Å². The molecule has 2 heterocycles. The average molecular weight is 255 g/mol. The van der Waals surface area contributed by atoms with E-state index in [9.17, 15) is 4.79 Å². The van der Waals surface area contributed by atoms with Crippen molar-refractivity contribution in [3.63, 3.8) is 0 Å². The van der Waals surface area contributed by atoms with Gasteiger partial charge in [0.15, 0.2) is 0 Å². The smallest absolute Gasteiger partial charge is 0.320 e. The maximum Gasteiger partial charge on any atom is 0.330 e. The van der Waals surface area contributed by atoms with Gasteiger partial charge in [-0.25, -0.2) is 10.2 Å². The summed E-state index contributed by atoms with van der Waals surface area (Å²) in [6, 6.07) is 0.229. The summed E-state index contributed by atoms with van der Waals surface area (Å²) in [5.41, 5.74) is 5.63. The molecular formula is C12H25N5O. The highest BCUT2D eigenvalue weighted by molar-refractivity contribution is 5.74. The van der Waals surface area contributed by atoms with E-state index in [1.54, 1.807) is 0 Å². The fraction of sp³-hybridized carbons (Fsp3) is 0.917. The van der Waals surface area contributed by atoms with Crippen LogP contribution in [0.4, 0.5) is 4.79 Å². The molecule has 0 radical (unpaired) electrons. The van der Waals surface area contributed by atoms with Gasteiger partial charge in [0, 0.05) is 23.7 Å². The van der Waals surface area contributed by atoms with E-state index in [2.05, 4.69) is 54.5 Å². The molecule has 5 N–H and O–H groups in total. The molecule has 2 amide bonds. The molecule has 0 aliphatic carbocycles. The first kappa shape index (κ1) is 13.6. The summed E-state index contributed by atoms with van der Waals surface area (Å²) in [6.45, 7) is 9.59. The monoisotopic (exact) mass is 255 g/mol. The van der Waals surface area contributed by atoms with Gasteiger partial charge in [-0.1, -0.05) is 0 Å². The van der Waals surface area contributed by atoms with E-state index >= 15 is 0 Å². The first-order valence-corrected chi connectivity index (χ1v) is 6.61. The van der Waals surface area contributed by atoms with Crippen molar-refractivity contribution in [3.8, 4) is 0 Å². The molecule has 0 saturated carbocycles. The van der Waals surface area contributed by atoms with Crippen LogP contribution >= 0.6 is 0 Å². The second-order valence-electron chi connectivity index (χ2n) is 6.70. The molecule has 2 aliphatic rings. The zero-order chi connectivity index (χ0) is 13.4. The van der Waals surface area contributed by atoms with Crippen LogP contribution in [0.25, 0.3) is 0 Å². The Morgan fingerprint density at radius 1 is 1.17 bits per heavy atom. The van der Waals surface area contributed by atoms with E-state index in [4.69, 9.17) is 0 Å². The minimum absolute atomic E-state index is 0.00606. The van der Waals surface area contributed by atoms with Crippen LogP contribution in [0.3, 0.4) is 0 Å². The maximum atomic E-state index is 11.2. The Balaban J connectivity index is 1.94. The lowest BCUT2D eigenvalue weighted by molar-refractivity contribution is 0.133. The summed E-state index contributed by atoms with van der Waals surface area (Å²) in [5, 5.41) is 10.1. The molecule has 0 aromatic carbocycles. The number of amides is 2.